The first-order valence-corrected chi connectivity index (χ1v) is 11.3. The van der Waals surface area contributed by atoms with Crippen molar-refractivity contribution >= 4 is 29.3 Å². The molecule has 0 spiro atoms. The summed E-state index contributed by atoms with van der Waals surface area (Å²) < 4.78 is 11.2. The Morgan fingerprint density at radius 3 is 2.34 bits per heavy atom. The lowest BCUT2D eigenvalue weighted by Crippen LogP contribution is -2.46. The van der Waals surface area contributed by atoms with Gasteiger partial charge in [-0.25, -0.2) is 0 Å². The molecule has 3 aromatic carbocycles. The summed E-state index contributed by atoms with van der Waals surface area (Å²) in [5.41, 5.74) is 7.07. The number of amides is 3. The predicted octanol–water partition coefficient (Wildman–Crippen LogP) is 3.82. The molecule has 182 valence electrons. The highest BCUT2D eigenvalue weighted by atomic mass is 35.5. The monoisotopic (exact) mass is 495 g/mol. The molecule has 0 aliphatic carbocycles. The first-order valence-electron chi connectivity index (χ1n) is 10.9. The summed E-state index contributed by atoms with van der Waals surface area (Å²) in [4.78, 5) is 36.7. The van der Waals surface area contributed by atoms with Crippen LogP contribution in [0.25, 0.3) is 0 Å². The summed E-state index contributed by atoms with van der Waals surface area (Å²) in [6.07, 6.45) is 0. The number of hydrogen-bond donors (Lipinski definition) is 3. The van der Waals surface area contributed by atoms with Gasteiger partial charge in [-0.2, -0.15) is 0 Å². The molecule has 0 saturated carbocycles. The van der Waals surface area contributed by atoms with Crippen molar-refractivity contribution in [3.8, 4) is 11.5 Å². The number of para-hydroxylation sites is 1. The minimum Gasteiger partial charge on any atom is -0.493 e. The maximum Gasteiger partial charge on any atom is 0.269 e. The third kappa shape index (κ3) is 7.48. The predicted molar refractivity (Wildman–Crippen MR) is 133 cm³/mol. The summed E-state index contributed by atoms with van der Waals surface area (Å²) in [6.45, 7) is 4.13. The maximum absolute atomic E-state index is 12.3. The standard InChI is InChI=1S/C26H26ClN3O5/c1-3-34-23-7-5-4-6-21(23)26(33)28-15-24(31)29-30-25(32)19-10-8-18(9-11-19)16-35-20-12-13-22(27)17(2)14-20/h4-14H,3,15-16H2,1-2H3,(H,28,33)(H,29,31)(H,30,32). The lowest BCUT2D eigenvalue weighted by Gasteiger charge is -2.11. The van der Waals surface area contributed by atoms with E-state index in [0.717, 1.165) is 11.1 Å². The summed E-state index contributed by atoms with van der Waals surface area (Å²) in [6, 6.07) is 18.9. The van der Waals surface area contributed by atoms with Crippen LogP contribution >= 0.6 is 11.6 Å². The normalized spacial score (nSPS) is 10.3. The highest BCUT2D eigenvalue weighted by Gasteiger charge is 2.14. The smallest absolute Gasteiger partial charge is 0.269 e. The Hall–Kier alpha value is -4.04. The van der Waals surface area contributed by atoms with Gasteiger partial charge in [-0.15, -0.1) is 0 Å². The van der Waals surface area contributed by atoms with E-state index in [1.54, 1.807) is 60.7 Å². The number of halogens is 1. The molecule has 8 nitrogen and oxygen atoms in total. The molecule has 0 bridgehead atoms. The van der Waals surface area contributed by atoms with Gasteiger partial charge in [-0.05, 0) is 67.4 Å². The van der Waals surface area contributed by atoms with Gasteiger partial charge in [0.2, 0.25) is 0 Å². The molecular formula is C26H26ClN3O5. The van der Waals surface area contributed by atoms with Crippen molar-refractivity contribution in [3.05, 3.63) is 94.0 Å². The van der Waals surface area contributed by atoms with Crippen LogP contribution in [-0.2, 0) is 11.4 Å². The molecule has 3 N–H and O–H groups in total. The second-order valence-electron chi connectivity index (χ2n) is 7.51. The van der Waals surface area contributed by atoms with E-state index in [1.807, 2.05) is 19.9 Å². The Kier molecular flexibility index (Phi) is 9.09. The molecule has 0 aliphatic rings. The van der Waals surface area contributed by atoms with Crippen LogP contribution in [-0.4, -0.2) is 30.9 Å². The summed E-state index contributed by atoms with van der Waals surface area (Å²) in [7, 11) is 0. The van der Waals surface area contributed by atoms with Crippen LogP contribution in [0.5, 0.6) is 11.5 Å². The molecule has 35 heavy (non-hydrogen) atoms. The van der Waals surface area contributed by atoms with E-state index in [-0.39, 0.29) is 6.54 Å². The number of rotatable bonds is 9. The van der Waals surface area contributed by atoms with E-state index in [1.165, 1.54) is 0 Å². The molecule has 0 aromatic heterocycles. The van der Waals surface area contributed by atoms with Crippen LogP contribution in [0, 0.1) is 6.92 Å². The highest BCUT2D eigenvalue weighted by molar-refractivity contribution is 6.31. The van der Waals surface area contributed by atoms with Gasteiger partial charge in [-0.1, -0.05) is 35.9 Å². The molecule has 0 radical (unpaired) electrons. The minimum atomic E-state index is -0.580. The van der Waals surface area contributed by atoms with Gasteiger partial charge in [0, 0.05) is 10.6 Å². The molecule has 0 saturated heterocycles. The van der Waals surface area contributed by atoms with E-state index in [9.17, 15) is 14.4 Å². The van der Waals surface area contributed by atoms with Crippen LogP contribution in [0.2, 0.25) is 5.02 Å². The molecule has 0 atom stereocenters. The van der Waals surface area contributed by atoms with Gasteiger partial charge in [0.1, 0.15) is 18.1 Å². The van der Waals surface area contributed by atoms with E-state index in [0.29, 0.717) is 40.9 Å². The third-order valence-corrected chi connectivity index (χ3v) is 5.33. The molecule has 0 aliphatic heterocycles. The van der Waals surface area contributed by atoms with Crippen molar-refractivity contribution in [2.24, 2.45) is 0 Å². The van der Waals surface area contributed by atoms with Crippen molar-refractivity contribution in [1.82, 2.24) is 16.2 Å². The summed E-state index contributed by atoms with van der Waals surface area (Å²) in [5.74, 6) is -0.402. The van der Waals surface area contributed by atoms with Crippen LogP contribution in [0.3, 0.4) is 0 Å². The van der Waals surface area contributed by atoms with Crippen LogP contribution in [0.15, 0.2) is 66.7 Å². The number of benzene rings is 3. The number of carbonyl (C=O) groups excluding carboxylic acids is 3. The quantitative estimate of drug-likeness (QED) is 0.391. The van der Waals surface area contributed by atoms with Crippen molar-refractivity contribution in [2.75, 3.05) is 13.2 Å². The van der Waals surface area contributed by atoms with Crippen molar-refractivity contribution in [2.45, 2.75) is 20.5 Å². The summed E-state index contributed by atoms with van der Waals surface area (Å²) >= 11 is 6.02. The Labute approximate surface area is 208 Å². The van der Waals surface area contributed by atoms with Crippen LogP contribution in [0.1, 0.15) is 38.8 Å². The van der Waals surface area contributed by atoms with Crippen molar-refractivity contribution in [3.63, 3.8) is 0 Å². The minimum absolute atomic E-state index is 0.319. The van der Waals surface area contributed by atoms with Gasteiger partial charge < -0.3 is 14.8 Å². The molecule has 3 amide bonds. The van der Waals surface area contributed by atoms with Crippen LogP contribution in [0.4, 0.5) is 0 Å². The van der Waals surface area contributed by atoms with E-state index < -0.39 is 17.7 Å². The zero-order chi connectivity index (χ0) is 25.2. The third-order valence-electron chi connectivity index (χ3n) is 4.91. The molecule has 9 heteroatoms. The van der Waals surface area contributed by atoms with Gasteiger partial charge >= 0.3 is 0 Å². The van der Waals surface area contributed by atoms with Gasteiger partial charge in [-0.3, -0.25) is 25.2 Å². The van der Waals surface area contributed by atoms with Crippen molar-refractivity contribution in [1.29, 1.82) is 0 Å². The second kappa shape index (κ2) is 12.4. The molecule has 0 unspecified atom stereocenters. The Morgan fingerprint density at radius 1 is 0.886 bits per heavy atom. The van der Waals surface area contributed by atoms with Gasteiger partial charge in [0.25, 0.3) is 17.7 Å². The number of carbonyl (C=O) groups is 3. The molecule has 3 aromatic rings. The number of aryl methyl sites for hydroxylation is 1. The fourth-order valence-corrected chi connectivity index (χ4v) is 3.18. The fraction of sp³-hybridized carbons (Fsp3) is 0.192. The fourth-order valence-electron chi connectivity index (χ4n) is 3.06. The van der Waals surface area contributed by atoms with E-state index in [4.69, 9.17) is 21.1 Å². The van der Waals surface area contributed by atoms with Crippen LogP contribution < -0.4 is 25.6 Å². The highest BCUT2D eigenvalue weighted by Crippen LogP contribution is 2.22. The second-order valence-corrected chi connectivity index (χ2v) is 7.92. The Bertz CT molecular complexity index is 1200. The molecule has 0 heterocycles. The summed E-state index contributed by atoms with van der Waals surface area (Å²) in [5, 5.41) is 3.17. The zero-order valence-electron chi connectivity index (χ0n) is 19.4. The SMILES string of the molecule is CCOc1ccccc1C(=O)NCC(=O)NNC(=O)c1ccc(COc2ccc(Cl)c(C)c2)cc1. The Morgan fingerprint density at radius 2 is 1.63 bits per heavy atom. The van der Waals surface area contributed by atoms with Gasteiger partial charge in [0.15, 0.2) is 0 Å². The number of hydrazine groups is 1. The largest absolute Gasteiger partial charge is 0.493 e. The first kappa shape index (κ1) is 25.6. The lowest BCUT2D eigenvalue weighted by molar-refractivity contribution is -0.120. The molecular weight excluding hydrogens is 470 g/mol. The van der Waals surface area contributed by atoms with Gasteiger partial charge in [0.05, 0.1) is 18.7 Å². The van der Waals surface area contributed by atoms with E-state index in [2.05, 4.69) is 16.2 Å². The average molecular weight is 496 g/mol. The van der Waals surface area contributed by atoms with Crippen molar-refractivity contribution < 1.29 is 23.9 Å². The number of hydrogen-bond acceptors (Lipinski definition) is 5. The molecule has 3 rings (SSSR count). The average Bonchev–Trinajstić information content (AvgIpc) is 2.87. The zero-order valence-corrected chi connectivity index (χ0v) is 20.1. The Balaban J connectivity index is 1.43. The molecule has 0 fully saturated rings. The lowest BCUT2D eigenvalue weighted by atomic mass is 10.1. The number of ether oxygens (including phenoxy) is 2. The number of nitrogens with one attached hydrogen (secondary N) is 3. The van der Waals surface area contributed by atoms with E-state index >= 15 is 0 Å². The first-order chi connectivity index (χ1) is 16.9. The topological polar surface area (TPSA) is 106 Å². The maximum atomic E-state index is 12.3.